The summed E-state index contributed by atoms with van der Waals surface area (Å²) in [5.74, 6) is -1.87. The van der Waals surface area contributed by atoms with E-state index in [-0.39, 0.29) is 65.6 Å². The summed E-state index contributed by atoms with van der Waals surface area (Å²) in [6.45, 7) is 8.80. The standard InChI is InChI=1S/C31H33F6N5O2S/c1-4-25(43)41-16(2)11-40(12-17(41)3)29-22-10-23(31(35,36)37)26(21-6-5-18(32)9-24(21)34)28-27(22)42(30(44)38-29)20(15-45-28)14-39-8-7-19(33)13-39/h4-6,9-10,16-17,19-20,25,43H,1,7-8,11-15H2,2-3H3/t16-,17+,19?,20?,25?. The van der Waals surface area contributed by atoms with Gasteiger partial charge in [0.25, 0.3) is 0 Å². The van der Waals surface area contributed by atoms with Crippen molar-refractivity contribution in [2.45, 2.75) is 61.9 Å². The first kappa shape index (κ1) is 31.9. The third-order valence-corrected chi connectivity index (χ3v) is 10.2. The van der Waals surface area contributed by atoms with Crippen LogP contribution in [0.4, 0.5) is 32.2 Å². The molecule has 242 valence electrons. The van der Waals surface area contributed by atoms with E-state index in [0.29, 0.717) is 19.0 Å². The molecule has 0 spiro atoms. The van der Waals surface area contributed by atoms with Crippen molar-refractivity contribution in [1.82, 2.24) is 19.4 Å². The van der Waals surface area contributed by atoms with Crippen molar-refractivity contribution in [2.24, 2.45) is 0 Å². The number of halogens is 6. The smallest absolute Gasteiger partial charge is 0.375 e. The molecule has 6 rings (SSSR count). The Labute approximate surface area is 260 Å². The normalized spacial score (nSPS) is 25.2. The number of rotatable bonds is 6. The number of anilines is 1. The molecular weight excluding hydrogens is 620 g/mol. The Balaban J connectivity index is 1.60. The fraction of sp³-hybridized carbons (Fsp3) is 0.484. The molecule has 1 N–H and O–H groups in total. The second-order valence-electron chi connectivity index (χ2n) is 12.0. The van der Waals surface area contributed by atoms with Gasteiger partial charge in [0.15, 0.2) is 0 Å². The lowest BCUT2D eigenvalue weighted by Gasteiger charge is -2.46. The van der Waals surface area contributed by atoms with E-state index in [2.05, 4.69) is 11.6 Å². The summed E-state index contributed by atoms with van der Waals surface area (Å²) in [4.78, 5) is 23.8. The molecule has 14 heteroatoms. The van der Waals surface area contributed by atoms with Crippen LogP contribution < -0.4 is 10.6 Å². The minimum atomic E-state index is -4.93. The van der Waals surface area contributed by atoms with E-state index in [0.717, 1.165) is 30.0 Å². The van der Waals surface area contributed by atoms with Gasteiger partial charge in [0.1, 0.15) is 29.9 Å². The Morgan fingerprint density at radius 3 is 2.47 bits per heavy atom. The first-order valence-electron chi connectivity index (χ1n) is 14.8. The van der Waals surface area contributed by atoms with Crippen molar-refractivity contribution in [3.8, 4) is 11.1 Å². The quantitative estimate of drug-likeness (QED) is 0.280. The fourth-order valence-corrected chi connectivity index (χ4v) is 8.37. The summed E-state index contributed by atoms with van der Waals surface area (Å²) in [6.07, 6.45) is -5.14. The monoisotopic (exact) mass is 653 g/mol. The van der Waals surface area contributed by atoms with Gasteiger partial charge in [-0.3, -0.25) is 14.4 Å². The largest absolute Gasteiger partial charge is 0.417 e. The van der Waals surface area contributed by atoms with Gasteiger partial charge < -0.3 is 10.0 Å². The predicted octanol–water partition coefficient (Wildman–Crippen LogP) is 5.45. The van der Waals surface area contributed by atoms with Gasteiger partial charge in [0.05, 0.1) is 17.1 Å². The average Bonchev–Trinajstić information content (AvgIpc) is 3.38. The van der Waals surface area contributed by atoms with E-state index in [9.17, 15) is 31.9 Å². The van der Waals surface area contributed by atoms with Gasteiger partial charge in [-0.15, -0.1) is 11.8 Å². The van der Waals surface area contributed by atoms with Crippen LogP contribution in [0.5, 0.6) is 0 Å². The summed E-state index contributed by atoms with van der Waals surface area (Å²) >= 11 is 1.07. The van der Waals surface area contributed by atoms with Crippen LogP contribution in [0.2, 0.25) is 0 Å². The molecule has 4 heterocycles. The highest BCUT2D eigenvalue weighted by Gasteiger charge is 2.41. The molecular formula is C31H33F6N5O2S. The number of benzene rings is 2. The van der Waals surface area contributed by atoms with Crippen molar-refractivity contribution in [3.05, 3.63) is 64.6 Å². The van der Waals surface area contributed by atoms with E-state index < -0.39 is 58.6 Å². The van der Waals surface area contributed by atoms with Crippen molar-refractivity contribution in [1.29, 1.82) is 0 Å². The molecule has 3 aliphatic heterocycles. The zero-order chi connectivity index (χ0) is 32.4. The lowest BCUT2D eigenvalue weighted by Crippen LogP contribution is -2.60. The molecule has 2 saturated heterocycles. The Morgan fingerprint density at radius 2 is 1.87 bits per heavy atom. The van der Waals surface area contributed by atoms with E-state index >= 15 is 4.39 Å². The number of hydrogen-bond donors (Lipinski definition) is 1. The van der Waals surface area contributed by atoms with Gasteiger partial charge in [-0.2, -0.15) is 18.2 Å². The van der Waals surface area contributed by atoms with E-state index in [1.807, 2.05) is 23.6 Å². The van der Waals surface area contributed by atoms with Gasteiger partial charge in [0.2, 0.25) is 0 Å². The van der Waals surface area contributed by atoms with Crippen LogP contribution in [0.1, 0.15) is 31.9 Å². The van der Waals surface area contributed by atoms with Crippen LogP contribution in [0.3, 0.4) is 0 Å². The lowest BCUT2D eigenvalue weighted by atomic mass is 9.95. The zero-order valence-electron chi connectivity index (χ0n) is 24.7. The summed E-state index contributed by atoms with van der Waals surface area (Å²) in [5, 5.41) is 10.6. The molecule has 2 aromatic carbocycles. The minimum absolute atomic E-state index is 0.0499. The number of hydrogen-bond acceptors (Lipinski definition) is 7. The van der Waals surface area contributed by atoms with Gasteiger partial charge >= 0.3 is 11.9 Å². The summed E-state index contributed by atoms with van der Waals surface area (Å²) in [5.41, 5.74) is -2.52. The molecule has 7 nitrogen and oxygen atoms in total. The highest BCUT2D eigenvalue weighted by molar-refractivity contribution is 7.99. The third-order valence-electron chi connectivity index (χ3n) is 8.92. The number of aliphatic hydroxyl groups is 1. The molecule has 0 bridgehead atoms. The summed E-state index contributed by atoms with van der Waals surface area (Å²) in [6, 6.07) is 2.22. The molecule has 1 aromatic heterocycles. The number of nitrogens with zero attached hydrogens (tertiary/aromatic N) is 5. The molecule has 0 aliphatic carbocycles. The van der Waals surface area contributed by atoms with E-state index in [1.165, 1.54) is 10.6 Å². The lowest BCUT2D eigenvalue weighted by molar-refractivity contribution is -0.137. The Bertz CT molecular complexity index is 1690. The van der Waals surface area contributed by atoms with E-state index in [1.54, 1.807) is 4.90 Å². The van der Waals surface area contributed by atoms with E-state index in [4.69, 9.17) is 0 Å². The van der Waals surface area contributed by atoms with Crippen LogP contribution in [-0.4, -0.2) is 87.4 Å². The van der Waals surface area contributed by atoms with Crippen molar-refractivity contribution < 1.29 is 31.4 Å². The first-order valence-corrected chi connectivity index (χ1v) is 15.7. The fourth-order valence-electron chi connectivity index (χ4n) is 7.05. The Kier molecular flexibility index (Phi) is 8.46. The molecule has 0 amide bonds. The van der Waals surface area contributed by atoms with Gasteiger partial charge in [-0.1, -0.05) is 6.58 Å². The molecule has 0 radical (unpaired) electrons. The molecule has 2 fully saturated rings. The summed E-state index contributed by atoms with van der Waals surface area (Å²) < 4.78 is 89.0. The van der Waals surface area contributed by atoms with Gasteiger partial charge in [0, 0.05) is 78.0 Å². The third kappa shape index (κ3) is 5.74. The van der Waals surface area contributed by atoms with Gasteiger partial charge in [-0.05, 0) is 44.5 Å². The zero-order valence-corrected chi connectivity index (χ0v) is 25.5. The second kappa shape index (κ2) is 11.9. The SMILES string of the molecule is C=CC(O)N1[C@H](C)CN(c2nc(=O)n3c4c(c(-c5ccc(F)cc5F)c(C(F)(F)F)cc24)SCC3CN2CCC(F)C2)C[C@@H]1C. The molecule has 45 heavy (non-hydrogen) atoms. The van der Waals surface area contributed by atoms with Crippen LogP contribution in [0.15, 0.2) is 46.6 Å². The predicted molar refractivity (Wildman–Crippen MR) is 161 cm³/mol. The molecule has 3 aliphatic rings. The highest BCUT2D eigenvalue weighted by atomic mass is 32.2. The average molecular weight is 654 g/mol. The maximum absolute atomic E-state index is 15.2. The number of piperazine rings is 1. The number of aliphatic hydroxyl groups excluding tert-OH is 1. The number of aromatic nitrogens is 2. The Morgan fingerprint density at radius 1 is 1.16 bits per heavy atom. The van der Waals surface area contributed by atoms with Crippen LogP contribution >= 0.6 is 11.8 Å². The number of thioether (sulfide) groups is 1. The van der Waals surface area contributed by atoms with Crippen LogP contribution in [0, 0.1) is 11.6 Å². The molecule has 3 unspecified atom stereocenters. The topological polar surface area (TPSA) is 64.8 Å². The van der Waals surface area contributed by atoms with Crippen molar-refractivity contribution >= 4 is 28.5 Å². The van der Waals surface area contributed by atoms with Crippen molar-refractivity contribution in [2.75, 3.05) is 43.4 Å². The summed E-state index contributed by atoms with van der Waals surface area (Å²) in [7, 11) is 0. The molecule has 3 aromatic rings. The highest BCUT2D eigenvalue weighted by Crippen LogP contribution is 2.50. The van der Waals surface area contributed by atoms with Crippen LogP contribution in [-0.2, 0) is 6.18 Å². The first-order chi connectivity index (χ1) is 21.3. The molecule has 0 saturated carbocycles. The maximum atomic E-state index is 15.2. The van der Waals surface area contributed by atoms with Crippen molar-refractivity contribution in [3.63, 3.8) is 0 Å². The number of alkyl halides is 4. The maximum Gasteiger partial charge on any atom is 0.417 e. The molecule has 5 atom stereocenters. The second-order valence-corrected chi connectivity index (χ2v) is 13.1. The minimum Gasteiger partial charge on any atom is -0.375 e. The number of likely N-dealkylation sites (tertiary alicyclic amines) is 1. The Hall–Kier alpha value is -3.07. The van der Waals surface area contributed by atoms with Crippen LogP contribution in [0.25, 0.3) is 22.0 Å². The van der Waals surface area contributed by atoms with Gasteiger partial charge in [-0.25, -0.2) is 18.0 Å².